The summed E-state index contributed by atoms with van der Waals surface area (Å²) in [7, 11) is 0. The fraction of sp³-hybridized carbons (Fsp3) is 0.250. The van der Waals surface area contributed by atoms with Crippen LogP contribution in [0, 0.1) is 0 Å². The molecular formula is C12H13BrO2. The first-order chi connectivity index (χ1) is 7.13. The van der Waals surface area contributed by atoms with Crippen molar-refractivity contribution in [3.05, 3.63) is 40.4 Å². The van der Waals surface area contributed by atoms with Crippen LogP contribution in [0.4, 0.5) is 0 Å². The monoisotopic (exact) mass is 268 g/mol. The Labute approximate surface area is 98.1 Å². The van der Waals surface area contributed by atoms with Crippen molar-refractivity contribution in [1.82, 2.24) is 0 Å². The van der Waals surface area contributed by atoms with Crippen LogP contribution in [0.1, 0.15) is 19.4 Å². The second-order valence-electron chi connectivity index (χ2n) is 3.09. The summed E-state index contributed by atoms with van der Waals surface area (Å²) in [5, 5.41) is 0. The van der Waals surface area contributed by atoms with E-state index in [-0.39, 0.29) is 5.97 Å². The fourth-order valence-electron chi connectivity index (χ4n) is 1.18. The molecule has 2 nitrogen and oxygen atoms in total. The van der Waals surface area contributed by atoms with E-state index in [4.69, 9.17) is 4.74 Å². The predicted molar refractivity (Wildman–Crippen MR) is 64.4 cm³/mol. The van der Waals surface area contributed by atoms with Crippen molar-refractivity contribution in [2.45, 2.75) is 13.8 Å². The maximum atomic E-state index is 11.2. The lowest BCUT2D eigenvalue weighted by molar-refractivity contribution is -0.137. The van der Waals surface area contributed by atoms with Crippen LogP contribution < -0.4 is 0 Å². The van der Waals surface area contributed by atoms with Gasteiger partial charge in [-0.3, -0.25) is 0 Å². The zero-order chi connectivity index (χ0) is 11.3. The maximum absolute atomic E-state index is 11.2. The Morgan fingerprint density at radius 2 is 2.27 bits per heavy atom. The second-order valence-corrected chi connectivity index (χ2v) is 4.01. The summed E-state index contributed by atoms with van der Waals surface area (Å²) in [5.74, 6) is -0.296. The van der Waals surface area contributed by atoms with Crippen LogP contribution in [0.15, 0.2) is 34.8 Å². The molecule has 0 amide bonds. The van der Waals surface area contributed by atoms with Gasteiger partial charge < -0.3 is 4.74 Å². The molecule has 80 valence electrons. The van der Waals surface area contributed by atoms with Gasteiger partial charge in [0.05, 0.1) is 6.61 Å². The number of ether oxygens (including phenoxy) is 1. The smallest absolute Gasteiger partial charge is 0.331 e. The minimum Gasteiger partial charge on any atom is -0.463 e. The summed E-state index contributed by atoms with van der Waals surface area (Å²) in [6.45, 7) is 4.08. The molecule has 0 aliphatic heterocycles. The highest BCUT2D eigenvalue weighted by atomic mass is 79.9. The van der Waals surface area contributed by atoms with Gasteiger partial charge in [0.1, 0.15) is 0 Å². The summed E-state index contributed by atoms with van der Waals surface area (Å²) in [5.41, 5.74) is 1.91. The van der Waals surface area contributed by atoms with Crippen LogP contribution in [0.2, 0.25) is 0 Å². The van der Waals surface area contributed by atoms with Crippen molar-refractivity contribution >= 4 is 27.5 Å². The number of esters is 1. The molecule has 1 rings (SSSR count). The zero-order valence-corrected chi connectivity index (χ0v) is 10.4. The van der Waals surface area contributed by atoms with E-state index in [2.05, 4.69) is 15.9 Å². The van der Waals surface area contributed by atoms with E-state index in [0.717, 1.165) is 15.6 Å². The second kappa shape index (κ2) is 5.71. The average molecular weight is 269 g/mol. The van der Waals surface area contributed by atoms with Gasteiger partial charge in [0.2, 0.25) is 0 Å². The first-order valence-electron chi connectivity index (χ1n) is 4.74. The molecule has 3 heteroatoms. The van der Waals surface area contributed by atoms with E-state index in [1.807, 2.05) is 31.2 Å². The molecule has 0 fully saturated rings. The van der Waals surface area contributed by atoms with Crippen molar-refractivity contribution in [2.75, 3.05) is 6.61 Å². The lowest BCUT2D eigenvalue weighted by Gasteiger charge is -2.02. The van der Waals surface area contributed by atoms with Gasteiger partial charge in [-0.05, 0) is 37.1 Å². The Bertz CT molecular complexity index is 383. The summed E-state index contributed by atoms with van der Waals surface area (Å²) >= 11 is 3.38. The highest BCUT2D eigenvalue weighted by molar-refractivity contribution is 9.10. The van der Waals surface area contributed by atoms with Crippen LogP contribution in [0.25, 0.3) is 5.57 Å². The molecule has 0 heterocycles. The van der Waals surface area contributed by atoms with E-state index in [1.165, 1.54) is 6.08 Å². The SMILES string of the molecule is CCOC(=O)C=C(C)c1cccc(Br)c1. The first-order valence-corrected chi connectivity index (χ1v) is 5.53. The quantitative estimate of drug-likeness (QED) is 0.620. The van der Waals surface area contributed by atoms with Crippen LogP contribution in [0.3, 0.4) is 0 Å². The maximum Gasteiger partial charge on any atom is 0.331 e. The average Bonchev–Trinajstić information content (AvgIpc) is 2.18. The highest BCUT2D eigenvalue weighted by Gasteiger charge is 2.00. The van der Waals surface area contributed by atoms with Gasteiger partial charge in [-0.1, -0.05) is 28.1 Å². The predicted octanol–water partition coefficient (Wildman–Crippen LogP) is 3.42. The molecule has 0 aliphatic carbocycles. The largest absolute Gasteiger partial charge is 0.463 e. The number of carbonyl (C=O) groups excluding carboxylic acids is 1. The summed E-state index contributed by atoms with van der Waals surface area (Å²) in [4.78, 5) is 11.2. The highest BCUT2D eigenvalue weighted by Crippen LogP contribution is 2.18. The molecule has 0 N–H and O–H groups in total. The Morgan fingerprint density at radius 3 is 2.87 bits per heavy atom. The molecule has 15 heavy (non-hydrogen) atoms. The number of benzene rings is 1. The van der Waals surface area contributed by atoms with Gasteiger partial charge in [-0.15, -0.1) is 0 Å². The van der Waals surface area contributed by atoms with Gasteiger partial charge in [-0.25, -0.2) is 4.79 Å². The number of carbonyl (C=O) groups is 1. The normalized spacial score (nSPS) is 11.3. The van der Waals surface area contributed by atoms with Gasteiger partial charge in [0, 0.05) is 10.5 Å². The Hall–Kier alpha value is -1.09. The van der Waals surface area contributed by atoms with E-state index in [0.29, 0.717) is 6.61 Å². The van der Waals surface area contributed by atoms with Gasteiger partial charge >= 0.3 is 5.97 Å². The van der Waals surface area contributed by atoms with Crippen LogP contribution in [0.5, 0.6) is 0 Å². The summed E-state index contributed by atoms with van der Waals surface area (Å²) < 4.78 is 5.83. The number of halogens is 1. The third kappa shape index (κ3) is 3.88. The topological polar surface area (TPSA) is 26.3 Å². The third-order valence-electron chi connectivity index (χ3n) is 1.90. The van der Waals surface area contributed by atoms with Crippen molar-refractivity contribution in [3.8, 4) is 0 Å². The van der Waals surface area contributed by atoms with Gasteiger partial charge in [-0.2, -0.15) is 0 Å². The van der Waals surface area contributed by atoms with Crippen LogP contribution in [-0.4, -0.2) is 12.6 Å². The number of rotatable bonds is 3. The number of allylic oxidation sites excluding steroid dienone is 1. The molecule has 1 aromatic carbocycles. The lowest BCUT2D eigenvalue weighted by Crippen LogP contribution is -2.00. The molecular weight excluding hydrogens is 256 g/mol. The van der Waals surface area contributed by atoms with E-state index in [9.17, 15) is 4.79 Å². The van der Waals surface area contributed by atoms with E-state index >= 15 is 0 Å². The molecule has 0 bridgehead atoms. The van der Waals surface area contributed by atoms with Crippen molar-refractivity contribution in [2.24, 2.45) is 0 Å². The fourth-order valence-corrected chi connectivity index (χ4v) is 1.58. The molecule has 0 saturated carbocycles. The molecule has 0 atom stereocenters. The van der Waals surface area contributed by atoms with E-state index < -0.39 is 0 Å². The lowest BCUT2D eigenvalue weighted by atomic mass is 10.1. The van der Waals surface area contributed by atoms with Crippen molar-refractivity contribution in [3.63, 3.8) is 0 Å². The summed E-state index contributed by atoms with van der Waals surface area (Å²) in [6, 6.07) is 7.80. The Balaban J connectivity index is 2.84. The molecule has 1 aromatic rings. The van der Waals surface area contributed by atoms with Crippen LogP contribution >= 0.6 is 15.9 Å². The number of hydrogen-bond donors (Lipinski definition) is 0. The van der Waals surface area contributed by atoms with Crippen molar-refractivity contribution < 1.29 is 9.53 Å². The number of hydrogen-bond acceptors (Lipinski definition) is 2. The van der Waals surface area contributed by atoms with E-state index in [1.54, 1.807) is 6.92 Å². The molecule has 0 aliphatic rings. The molecule has 0 aromatic heterocycles. The minimum atomic E-state index is -0.296. The van der Waals surface area contributed by atoms with Gasteiger partial charge in [0.25, 0.3) is 0 Å². The van der Waals surface area contributed by atoms with Gasteiger partial charge in [0.15, 0.2) is 0 Å². The summed E-state index contributed by atoms with van der Waals surface area (Å²) in [6.07, 6.45) is 1.51. The molecule has 0 unspecified atom stereocenters. The Kier molecular flexibility index (Phi) is 4.56. The minimum absolute atomic E-state index is 0.296. The zero-order valence-electron chi connectivity index (χ0n) is 8.79. The molecule has 0 saturated heterocycles. The van der Waals surface area contributed by atoms with Crippen molar-refractivity contribution in [1.29, 1.82) is 0 Å². The molecule has 0 radical (unpaired) electrons. The van der Waals surface area contributed by atoms with Crippen LogP contribution in [-0.2, 0) is 9.53 Å². The standard InChI is InChI=1S/C12H13BrO2/c1-3-15-12(14)7-9(2)10-5-4-6-11(13)8-10/h4-8H,3H2,1-2H3. The first kappa shape index (κ1) is 12.0. The molecule has 0 spiro atoms. The Morgan fingerprint density at radius 1 is 1.53 bits per heavy atom. The third-order valence-corrected chi connectivity index (χ3v) is 2.39.